The number of halogens is 1. The second-order valence-electron chi connectivity index (χ2n) is 2.84. The van der Waals surface area contributed by atoms with Crippen molar-refractivity contribution < 1.29 is 19.4 Å². The van der Waals surface area contributed by atoms with E-state index in [1.165, 1.54) is 0 Å². The highest BCUT2D eigenvalue weighted by molar-refractivity contribution is 6.31. The third-order valence-electron chi connectivity index (χ3n) is 1.84. The maximum atomic E-state index is 11.1. The van der Waals surface area contributed by atoms with E-state index in [1.54, 1.807) is 6.92 Å². The summed E-state index contributed by atoms with van der Waals surface area (Å²) in [6, 6.07) is 0. The number of allylic oxidation sites excluding steroid dienone is 1. The summed E-state index contributed by atoms with van der Waals surface area (Å²) in [5.74, 6) is -1.86. The van der Waals surface area contributed by atoms with Crippen LogP contribution in [0.5, 0.6) is 0 Å². The van der Waals surface area contributed by atoms with E-state index >= 15 is 0 Å². The van der Waals surface area contributed by atoms with Crippen LogP contribution in [0.15, 0.2) is 10.6 Å². The molecule has 0 amide bonds. The molecule has 0 spiro atoms. The van der Waals surface area contributed by atoms with Gasteiger partial charge in [0.2, 0.25) is 0 Å². The van der Waals surface area contributed by atoms with E-state index in [0.29, 0.717) is 10.6 Å². The molecule has 0 aliphatic carbocycles. The summed E-state index contributed by atoms with van der Waals surface area (Å²) in [6.45, 7) is 1.67. The molecule has 0 saturated carbocycles. The first-order valence-corrected chi connectivity index (χ1v) is 4.15. The van der Waals surface area contributed by atoms with E-state index in [0.717, 1.165) is 0 Å². The normalized spacial score (nSPS) is 25.7. The molecule has 5 heteroatoms. The van der Waals surface area contributed by atoms with Crippen molar-refractivity contribution in [2.24, 2.45) is 5.92 Å². The summed E-state index contributed by atoms with van der Waals surface area (Å²) in [6.07, 6.45) is -0.120. The predicted octanol–water partition coefficient (Wildman–Crippen LogP) is 1.15. The van der Waals surface area contributed by atoms with Crippen LogP contribution >= 0.6 is 11.6 Å². The van der Waals surface area contributed by atoms with Crippen molar-refractivity contribution in [2.75, 3.05) is 6.61 Å². The Labute approximate surface area is 80.1 Å². The fourth-order valence-corrected chi connectivity index (χ4v) is 1.53. The van der Waals surface area contributed by atoms with E-state index in [-0.39, 0.29) is 13.0 Å². The van der Waals surface area contributed by atoms with Crippen LogP contribution in [0.25, 0.3) is 0 Å². The zero-order chi connectivity index (χ0) is 10.0. The molecule has 4 nitrogen and oxygen atoms in total. The first-order chi connectivity index (χ1) is 6.02. The Balaban J connectivity index is 2.83. The van der Waals surface area contributed by atoms with Gasteiger partial charge in [0.15, 0.2) is 0 Å². The van der Waals surface area contributed by atoms with Gasteiger partial charge in [-0.3, -0.25) is 4.79 Å². The number of carbonyl (C=O) groups excluding carboxylic acids is 1. The summed E-state index contributed by atoms with van der Waals surface area (Å²) in [4.78, 5) is 21.4. The van der Waals surface area contributed by atoms with E-state index in [4.69, 9.17) is 21.4 Å². The number of carboxylic acid groups (broad SMARTS) is 1. The van der Waals surface area contributed by atoms with Crippen LogP contribution in [-0.4, -0.2) is 23.7 Å². The molecule has 1 atom stereocenters. The lowest BCUT2D eigenvalue weighted by Gasteiger charge is -2.03. The maximum Gasteiger partial charge on any atom is 0.335 e. The SMILES string of the molecule is C/C(Cl)=C1/C(=O)OCC1CC(=O)O. The van der Waals surface area contributed by atoms with Gasteiger partial charge >= 0.3 is 11.9 Å². The van der Waals surface area contributed by atoms with Gasteiger partial charge < -0.3 is 9.84 Å². The molecule has 0 radical (unpaired) electrons. The Morgan fingerprint density at radius 3 is 2.85 bits per heavy atom. The van der Waals surface area contributed by atoms with Crippen LogP contribution in [0.2, 0.25) is 0 Å². The number of carbonyl (C=O) groups is 2. The summed E-state index contributed by atoms with van der Waals surface area (Å²) >= 11 is 5.64. The second kappa shape index (κ2) is 3.79. The smallest absolute Gasteiger partial charge is 0.335 e. The Hall–Kier alpha value is -1.03. The largest absolute Gasteiger partial charge is 0.481 e. The lowest BCUT2D eigenvalue weighted by atomic mass is 9.99. The fraction of sp³-hybridized carbons (Fsp3) is 0.500. The number of hydrogen-bond donors (Lipinski definition) is 1. The Morgan fingerprint density at radius 2 is 2.38 bits per heavy atom. The van der Waals surface area contributed by atoms with Crippen molar-refractivity contribution in [3.63, 3.8) is 0 Å². The van der Waals surface area contributed by atoms with Gasteiger partial charge in [0.1, 0.15) is 0 Å². The molecular formula is C8H9ClO4. The van der Waals surface area contributed by atoms with E-state index in [2.05, 4.69) is 0 Å². The van der Waals surface area contributed by atoms with E-state index in [9.17, 15) is 9.59 Å². The van der Waals surface area contributed by atoms with Gasteiger partial charge in [0.25, 0.3) is 0 Å². The van der Waals surface area contributed by atoms with Crippen LogP contribution in [0.4, 0.5) is 0 Å². The molecule has 1 heterocycles. The quantitative estimate of drug-likeness (QED) is 0.541. The van der Waals surface area contributed by atoms with Crippen molar-refractivity contribution >= 4 is 23.5 Å². The van der Waals surface area contributed by atoms with Gasteiger partial charge in [-0.15, -0.1) is 0 Å². The molecule has 0 bridgehead atoms. The number of cyclic esters (lactones) is 1. The van der Waals surface area contributed by atoms with Crippen LogP contribution < -0.4 is 0 Å². The minimum atomic E-state index is -0.960. The fourth-order valence-electron chi connectivity index (χ4n) is 1.30. The molecular weight excluding hydrogens is 196 g/mol. The monoisotopic (exact) mass is 204 g/mol. The lowest BCUT2D eigenvalue weighted by Crippen LogP contribution is -2.10. The highest BCUT2D eigenvalue weighted by atomic mass is 35.5. The molecule has 1 rings (SSSR count). The van der Waals surface area contributed by atoms with Crippen LogP contribution in [-0.2, 0) is 14.3 Å². The highest BCUT2D eigenvalue weighted by Gasteiger charge is 2.33. The number of carboxylic acids is 1. The summed E-state index contributed by atoms with van der Waals surface area (Å²) in [5, 5.41) is 8.84. The molecule has 1 fully saturated rings. The highest BCUT2D eigenvalue weighted by Crippen LogP contribution is 2.28. The molecule has 1 saturated heterocycles. The van der Waals surface area contributed by atoms with Crippen LogP contribution in [0.1, 0.15) is 13.3 Å². The van der Waals surface area contributed by atoms with Crippen molar-refractivity contribution in [1.82, 2.24) is 0 Å². The van der Waals surface area contributed by atoms with Gasteiger partial charge in [-0.2, -0.15) is 0 Å². The zero-order valence-electron chi connectivity index (χ0n) is 7.04. The van der Waals surface area contributed by atoms with E-state index < -0.39 is 17.9 Å². The number of esters is 1. The predicted molar refractivity (Wildman–Crippen MR) is 45.3 cm³/mol. The molecule has 1 aliphatic heterocycles. The average molecular weight is 205 g/mol. The topological polar surface area (TPSA) is 63.6 Å². The molecule has 13 heavy (non-hydrogen) atoms. The Bertz CT molecular complexity index is 278. The Kier molecular flexibility index (Phi) is 2.93. The first kappa shape index (κ1) is 10.1. The minimum absolute atomic E-state index is 0.116. The summed E-state index contributed by atoms with van der Waals surface area (Å²) in [5.41, 5.74) is 0.295. The van der Waals surface area contributed by atoms with Gasteiger partial charge in [-0.05, 0) is 6.92 Å². The van der Waals surface area contributed by atoms with E-state index in [1.807, 2.05) is 0 Å². The zero-order valence-corrected chi connectivity index (χ0v) is 7.80. The van der Waals surface area contributed by atoms with Crippen LogP contribution in [0, 0.1) is 5.92 Å². The molecule has 72 valence electrons. The van der Waals surface area contributed by atoms with Crippen LogP contribution in [0.3, 0.4) is 0 Å². The number of hydrogen-bond acceptors (Lipinski definition) is 3. The third-order valence-corrected chi connectivity index (χ3v) is 2.04. The van der Waals surface area contributed by atoms with Crippen molar-refractivity contribution in [2.45, 2.75) is 13.3 Å². The van der Waals surface area contributed by atoms with Gasteiger partial charge in [0.05, 0.1) is 18.6 Å². The average Bonchev–Trinajstić information content (AvgIpc) is 2.30. The molecule has 1 aliphatic rings. The molecule has 1 N–H and O–H groups in total. The van der Waals surface area contributed by atoms with Gasteiger partial charge in [0, 0.05) is 11.0 Å². The summed E-state index contributed by atoms with van der Waals surface area (Å²) in [7, 11) is 0. The Morgan fingerprint density at radius 1 is 1.77 bits per heavy atom. The molecule has 0 aromatic carbocycles. The van der Waals surface area contributed by atoms with Gasteiger partial charge in [-0.25, -0.2) is 4.79 Å². The number of ether oxygens (including phenoxy) is 1. The second-order valence-corrected chi connectivity index (χ2v) is 3.41. The lowest BCUT2D eigenvalue weighted by molar-refractivity contribution is -0.138. The van der Waals surface area contributed by atoms with Crippen molar-refractivity contribution in [3.8, 4) is 0 Å². The third kappa shape index (κ3) is 2.21. The molecule has 0 aromatic rings. The number of aliphatic carboxylic acids is 1. The first-order valence-electron chi connectivity index (χ1n) is 3.77. The molecule has 1 unspecified atom stereocenters. The maximum absolute atomic E-state index is 11.1. The molecule has 0 aromatic heterocycles. The minimum Gasteiger partial charge on any atom is -0.481 e. The standard InChI is InChI=1S/C8H9ClO4/c1-4(9)7-5(2-6(10)11)3-13-8(7)12/h5H,2-3H2,1H3,(H,10,11)/b7-4-. The van der Waals surface area contributed by atoms with Crippen molar-refractivity contribution in [3.05, 3.63) is 10.6 Å². The summed E-state index contributed by atoms with van der Waals surface area (Å²) < 4.78 is 4.70. The van der Waals surface area contributed by atoms with Crippen molar-refractivity contribution in [1.29, 1.82) is 0 Å². The van der Waals surface area contributed by atoms with Gasteiger partial charge in [-0.1, -0.05) is 11.6 Å². The number of rotatable bonds is 2.